The topological polar surface area (TPSA) is 65.8 Å². The molecule has 0 spiro atoms. The Bertz CT molecular complexity index is 892. The number of nitrogens with zero attached hydrogens (tertiary/aromatic N) is 2. The minimum atomic E-state index is -0.0817. The lowest BCUT2D eigenvalue weighted by Gasteiger charge is -2.15. The molecule has 0 atom stereocenters. The van der Waals surface area contributed by atoms with E-state index < -0.39 is 0 Å². The molecule has 3 rings (SSSR count). The summed E-state index contributed by atoms with van der Waals surface area (Å²) >= 11 is 3.60. The molecule has 0 aliphatic heterocycles. The Hall–Kier alpha value is -1.59. The Kier molecular flexibility index (Phi) is 7.13. The zero-order chi connectivity index (χ0) is 19.2. The van der Waals surface area contributed by atoms with E-state index in [0.29, 0.717) is 10.6 Å². The fourth-order valence-electron chi connectivity index (χ4n) is 3.25. The lowest BCUT2D eigenvalue weighted by atomic mass is 9.96. The molecule has 1 aromatic carbocycles. The second-order valence-corrected chi connectivity index (χ2v) is 8.98. The summed E-state index contributed by atoms with van der Waals surface area (Å²) in [6.07, 6.45) is 6.74. The van der Waals surface area contributed by atoms with Gasteiger partial charge in [-0.15, -0.1) is 0 Å². The largest absolute Gasteiger partial charge is 0.325 e. The molecule has 0 unspecified atom stereocenters. The van der Waals surface area contributed by atoms with Crippen LogP contribution in [0, 0.1) is 21.8 Å². The van der Waals surface area contributed by atoms with Crippen molar-refractivity contribution in [2.45, 2.75) is 50.5 Å². The number of hydrogen-bond acceptors (Lipinski definition) is 4. The summed E-state index contributed by atoms with van der Waals surface area (Å²) in [4.78, 5) is 17.1. The molecule has 6 heteroatoms. The zero-order valence-corrected chi connectivity index (χ0v) is 18.3. The van der Waals surface area contributed by atoms with Crippen LogP contribution in [0.1, 0.15) is 48.1 Å². The van der Waals surface area contributed by atoms with Crippen molar-refractivity contribution in [2.24, 2.45) is 0 Å². The summed E-state index contributed by atoms with van der Waals surface area (Å²) in [6.45, 7) is 1.98. The van der Waals surface area contributed by atoms with Crippen molar-refractivity contribution in [3.8, 4) is 6.07 Å². The molecule has 0 fully saturated rings. The number of fused-ring (bicyclic) bond motifs is 1. The van der Waals surface area contributed by atoms with Crippen molar-refractivity contribution in [2.75, 3.05) is 11.1 Å². The number of thioether (sulfide) groups is 1. The average Bonchev–Trinajstić information content (AvgIpc) is 2.63. The Balaban J connectivity index is 1.70. The van der Waals surface area contributed by atoms with Gasteiger partial charge in [-0.2, -0.15) is 5.26 Å². The first-order valence-corrected chi connectivity index (χ1v) is 11.2. The van der Waals surface area contributed by atoms with Crippen LogP contribution >= 0.6 is 34.4 Å². The van der Waals surface area contributed by atoms with Gasteiger partial charge < -0.3 is 5.32 Å². The Labute approximate surface area is 178 Å². The molecule has 27 heavy (non-hydrogen) atoms. The number of rotatable bonds is 4. The van der Waals surface area contributed by atoms with Crippen molar-refractivity contribution in [1.82, 2.24) is 4.98 Å². The number of pyridine rings is 1. The summed E-state index contributed by atoms with van der Waals surface area (Å²) in [6, 6.07) is 10.2. The number of carbonyl (C=O) groups is 1. The van der Waals surface area contributed by atoms with Crippen LogP contribution in [0.5, 0.6) is 0 Å². The number of anilines is 1. The number of aromatic nitrogens is 1. The summed E-state index contributed by atoms with van der Waals surface area (Å²) in [5.41, 5.74) is 4.75. The maximum absolute atomic E-state index is 12.4. The van der Waals surface area contributed by atoms with Gasteiger partial charge in [-0.3, -0.25) is 4.79 Å². The van der Waals surface area contributed by atoms with E-state index in [1.165, 1.54) is 30.2 Å². The first-order valence-electron chi connectivity index (χ1n) is 9.18. The van der Waals surface area contributed by atoms with E-state index in [-0.39, 0.29) is 11.7 Å². The van der Waals surface area contributed by atoms with E-state index in [4.69, 9.17) is 4.98 Å². The second kappa shape index (κ2) is 9.56. The van der Waals surface area contributed by atoms with Crippen LogP contribution in [0.25, 0.3) is 0 Å². The Morgan fingerprint density at radius 2 is 2.04 bits per heavy atom. The summed E-state index contributed by atoms with van der Waals surface area (Å²) < 4.78 is 1.14. The minimum Gasteiger partial charge on any atom is -0.325 e. The van der Waals surface area contributed by atoms with Crippen LogP contribution in [-0.4, -0.2) is 16.6 Å². The number of nitrogens with one attached hydrogen (secondary N) is 1. The smallest absolute Gasteiger partial charge is 0.234 e. The molecule has 140 valence electrons. The molecular weight excluding hydrogens is 469 g/mol. The molecule has 0 radical (unpaired) electrons. The van der Waals surface area contributed by atoms with Gasteiger partial charge in [-0.05, 0) is 90.6 Å². The first-order chi connectivity index (χ1) is 13.1. The van der Waals surface area contributed by atoms with Crippen LogP contribution in [0.2, 0.25) is 0 Å². The van der Waals surface area contributed by atoms with Crippen molar-refractivity contribution in [3.05, 3.63) is 50.2 Å². The van der Waals surface area contributed by atoms with Crippen molar-refractivity contribution < 1.29 is 4.79 Å². The number of halogens is 1. The van der Waals surface area contributed by atoms with Gasteiger partial charge in [-0.1, -0.05) is 24.6 Å². The highest BCUT2D eigenvalue weighted by atomic mass is 127. The van der Waals surface area contributed by atoms with Gasteiger partial charge in [0, 0.05) is 15.0 Å². The van der Waals surface area contributed by atoms with Gasteiger partial charge in [-0.25, -0.2) is 4.98 Å². The van der Waals surface area contributed by atoms with E-state index in [1.54, 1.807) is 0 Å². The average molecular weight is 491 g/mol. The summed E-state index contributed by atoms with van der Waals surface area (Å²) in [5.74, 6) is 0.160. The van der Waals surface area contributed by atoms with Crippen LogP contribution in [-0.2, 0) is 17.6 Å². The maximum Gasteiger partial charge on any atom is 0.234 e. The molecule has 1 aliphatic rings. The van der Waals surface area contributed by atoms with Gasteiger partial charge in [0.25, 0.3) is 0 Å². The van der Waals surface area contributed by atoms with Crippen molar-refractivity contribution in [3.63, 3.8) is 0 Å². The molecule has 1 heterocycles. The second-order valence-electron chi connectivity index (χ2n) is 6.77. The quantitative estimate of drug-likeness (QED) is 0.469. The van der Waals surface area contributed by atoms with Crippen molar-refractivity contribution >= 4 is 45.9 Å². The standard InChI is InChI=1S/C21H22IN3OS/c1-14-10-17(22)8-9-18(14)24-20(26)13-27-21-16(12-23)11-15-6-4-2-3-5-7-19(15)25-21/h8-11H,2-7,13H2,1H3,(H,24,26). The first kappa shape index (κ1) is 20.2. The highest BCUT2D eigenvalue weighted by Crippen LogP contribution is 2.27. The highest BCUT2D eigenvalue weighted by Gasteiger charge is 2.15. The molecule has 1 aliphatic carbocycles. The fourth-order valence-corrected chi connectivity index (χ4v) is 4.67. The number of benzene rings is 1. The molecule has 1 aromatic heterocycles. The summed E-state index contributed by atoms with van der Waals surface area (Å²) in [5, 5.41) is 13.1. The lowest BCUT2D eigenvalue weighted by molar-refractivity contribution is -0.113. The van der Waals surface area contributed by atoms with Crippen LogP contribution in [0.15, 0.2) is 29.3 Å². The SMILES string of the molecule is Cc1cc(I)ccc1NC(=O)CSc1nc2c(cc1C#N)CCCCCC2. The van der Waals surface area contributed by atoms with Crippen LogP contribution in [0.4, 0.5) is 5.69 Å². The van der Waals surface area contributed by atoms with Gasteiger partial charge in [0.1, 0.15) is 11.1 Å². The monoisotopic (exact) mass is 491 g/mol. The van der Waals surface area contributed by atoms with E-state index >= 15 is 0 Å². The molecule has 1 N–H and O–H groups in total. The third-order valence-corrected chi connectivity index (χ3v) is 6.35. The number of carbonyl (C=O) groups excluding carboxylic acids is 1. The number of nitriles is 1. The van der Waals surface area contributed by atoms with Gasteiger partial charge in [0.05, 0.1) is 11.3 Å². The Morgan fingerprint density at radius 3 is 2.78 bits per heavy atom. The summed E-state index contributed by atoms with van der Waals surface area (Å²) in [7, 11) is 0. The molecule has 0 bridgehead atoms. The zero-order valence-electron chi connectivity index (χ0n) is 15.3. The third kappa shape index (κ3) is 5.45. The fraction of sp³-hybridized carbons (Fsp3) is 0.381. The molecule has 0 saturated heterocycles. The predicted molar refractivity (Wildman–Crippen MR) is 118 cm³/mol. The van der Waals surface area contributed by atoms with E-state index in [2.05, 4.69) is 34.0 Å². The van der Waals surface area contributed by atoms with Crippen LogP contribution in [0.3, 0.4) is 0 Å². The molecule has 2 aromatic rings. The molecule has 1 amide bonds. The normalized spacial score (nSPS) is 13.8. The number of hydrogen-bond donors (Lipinski definition) is 1. The van der Waals surface area contributed by atoms with Gasteiger partial charge in [0.15, 0.2) is 0 Å². The molecule has 4 nitrogen and oxygen atoms in total. The van der Waals surface area contributed by atoms with E-state index in [1.807, 2.05) is 31.2 Å². The molecular formula is C21H22IN3OS. The van der Waals surface area contributed by atoms with Crippen molar-refractivity contribution in [1.29, 1.82) is 5.26 Å². The van der Waals surface area contributed by atoms with Gasteiger partial charge in [0.2, 0.25) is 5.91 Å². The minimum absolute atomic E-state index is 0.0817. The lowest BCUT2D eigenvalue weighted by Crippen LogP contribution is -2.15. The van der Waals surface area contributed by atoms with E-state index in [0.717, 1.165) is 46.2 Å². The predicted octanol–water partition coefficient (Wildman–Crippen LogP) is 5.26. The molecule has 0 saturated carbocycles. The van der Waals surface area contributed by atoms with Gasteiger partial charge >= 0.3 is 0 Å². The van der Waals surface area contributed by atoms with E-state index in [9.17, 15) is 10.1 Å². The highest BCUT2D eigenvalue weighted by molar-refractivity contribution is 14.1. The van der Waals surface area contributed by atoms with Crippen LogP contribution < -0.4 is 5.32 Å². The third-order valence-electron chi connectivity index (χ3n) is 4.69. The Morgan fingerprint density at radius 1 is 1.26 bits per heavy atom. The number of amides is 1. The number of aryl methyl sites for hydroxylation is 3. The maximum atomic E-state index is 12.4.